The molecule has 0 atom stereocenters. The van der Waals surface area contributed by atoms with E-state index < -0.39 is 23.5 Å². The van der Waals surface area contributed by atoms with Crippen molar-refractivity contribution < 1.29 is 23.0 Å². The number of methoxy groups -OCH3 is 1. The number of ether oxygens (including phenoxy) is 2. The molecule has 0 aliphatic heterocycles. The molecule has 1 aromatic rings. The van der Waals surface area contributed by atoms with Gasteiger partial charge in [0.05, 0.1) is 24.8 Å². The van der Waals surface area contributed by atoms with Gasteiger partial charge in [0.2, 0.25) is 5.88 Å². The second kappa shape index (κ2) is 5.91. The molecular formula is C11H10F2N2O3. The SMILES string of the molecule is CCOC(=O)c1c(C(F)F)cnc(OC)c1C#N. The molecule has 7 heteroatoms. The van der Waals surface area contributed by atoms with Crippen molar-refractivity contribution in [3.05, 3.63) is 22.9 Å². The fraction of sp³-hybridized carbons (Fsp3) is 0.364. The lowest BCUT2D eigenvalue weighted by Gasteiger charge is -2.11. The van der Waals surface area contributed by atoms with Crippen LogP contribution in [0.2, 0.25) is 0 Å². The van der Waals surface area contributed by atoms with Gasteiger partial charge in [-0.15, -0.1) is 0 Å². The average molecular weight is 256 g/mol. The molecule has 0 aromatic carbocycles. The lowest BCUT2D eigenvalue weighted by atomic mass is 10.0. The van der Waals surface area contributed by atoms with Gasteiger partial charge < -0.3 is 9.47 Å². The Morgan fingerprint density at radius 2 is 2.28 bits per heavy atom. The van der Waals surface area contributed by atoms with Gasteiger partial charge in [-0.3, -0.25) is 0 Å². The minimum Gasteiger partial charge on any atom is -0.480 e. The van der Waals surface area contributed by atoms with Gasteiger partial charge in [-0.05, 0) is 6.92 Å². The van der Waals surface area contributed by atoms with Crippen LogP contribution in [-0.4, -0.2) is 24.7 Å². The summed E-state index contributed by atoms with van der Waals surface area (Å²) in [6.45, 7) is 1.54. The molecule has 0 aliphatic rings. The number of rotatable bonds is 4. The zero-order valence-corrected chi connectivity index (χ0v) is 9.74. The molecule has 1 heterocycles. The van der Waals surface area contributed by atoms with Crippen molar-refractivity contribution in [1.82, 2.24) is 4.98 Å². The van der Waals surface area contributed by atoms with E-state index in [4.69, 9.17) is 10.00 Å². The Labute approximate surface area is 102 Å². The van der Waals surface area contributed by atoms with Crippen molar-refractivity contribution in [3.63, 3.8) is 0 Å². The van der Waals surface area contributed by atoms with Crippen molar-refractivity contribution in [3.8, 4) is 11.9 Å². The molecule has 0 radical (unpaired) electrons. The normalized spacial score (nSPS) is 10.0. The zero-order chi connectivity index (χ0) is 13.7. The summed E-state index contributed by atoms with van der Waals surface area (Å²) in [6, 6.07) is 1.63. The Morgan fingerprint density at radius 3 is 2.72 bits per heavy atom. The van der Waals surface area contributed by atoms with Crippen molar-refractivity contribution in [2.24, 2.45) is 0 Å². The molecule has 1 aromatic heterocycles. The van der Waals surface area contributed by atoms with Gasteiger partial charge in [0.25, 0.3) is 6.43 Å². The molecule has 0 saturated heterocycles. The predicted octanol–water partition coefficient (Wildman–Crippen LogP) is 2.08. The summed E-state index contributed by atoms with van der Waals surface area (Å²) in [4.78, 5) is 15.2. The van der Waals surface area contributed by atoms with E-state index in [1.165, 1.54) is 14.0 Å². The number of hydrogen-bond acceptors (Lipinski definition) is 5. The second-order valence-corrected chi connectivity index (χ2v) is 3.11. The topological polar surface area (TPSA) is 72.2 Å². The van der Waals surface area contributed by atoms with Gasteiger partial charge in [0, 0.05) is 6.20 Å². The van der Waals surface area contributed by atoms with Crippen LogP contribution in [0.5, 0.6) is 5.88 Å². The number of nitriles is 1. The number of carbonyl (C=O) groups is 1. The molecule has 0 unspecified atom stereocenters. The Morgan fingerprint density at radius 1 is 1.61 bits per heavy atom. The summed E-state index contributed by atoms with van der Waals surface area (Å²) >= 11 is 0. The van der Waals surface area contributed by atoms with E-state index in [0.29, 0.717) is 0 Å². The van der Waals surface area contributed by atoms with Crippen molar-refractivity contribution in [2.45, 2.75) is 13.3 Å². The summed E-state index contributed by atoms with van der Waals surface area (Å²) < 4.78 is 35.0. The Kier molecular flexibility index (Phi) is 4.54. The number of pyridine rings is 1. The highest BCUT2D eigenvalue weighted by atomic mass is 19.3. The number of halogens is 2. The monoisotopic (exact) mass is 256 g/mol. The third kappa shape index (κ3) is 2.53. The average Bonchev–Trinajstić information content (AvgIpc) is 2.36. The molecule has 0 aliphatic carbocycles. The van der Waals surface area contributed by atoms with Gasteiger partial charge in [0.1, 0.15) is 11.6 Å². The molecule has 1 rings (SSSR count). The molecule has 0 amide bonds. The van der Waals surface area contributed by atoms with E-state index in [1.807, 2.05) is 0 Å². The smallest absolute Gasteiger partial charge is 0.340 e. The van der Waals surface area contributed by atoms with E-state index >= 15 is 0 Å². The first-order chi connectivity index (χ1) is 8.56. The lowest BCUT2D eigenvalue weighted by molar-refractivity contribution is 0.0514. The summed E-state index contributed by atoms with van der Waals surface area (Å²) in [5, 5.41) is 8.93. The van der Waals surface area contributed by atoms with Crippen LogP contribution >= 0.6 is 0 Å². The number of nitrogens with zero attached hydrogens (tertiary/aromatic N) is 2. The summed E-state index contributed by atoms with van der Waals surface area (Å²) in [6.07, 6.45) is -2.13. The standard InChI is InChI=1S/C11H10F2N2O3/c1-3-18-11(16)8-6(4-14)10(17-2)15-5-7(8)9(12)13/h5,9H,3H2,1-2H3. The number of hydrogen-bond donors (Lipinski definition) is 0. The highest BCUT2D eigenvalue weighted by Gasteiger charge is 2.26. The second-order valence-electron chi connectivity index (χ2n) is 3.11. The first-order valence-corrected chi connectivity index (χ1v) is 4.99. The third-order valence-corrected chi connectivity index (χ3v) is 2.09. The highest BCUT2D eigenvalue weighted by Crippen LogP contribution is 2.29. The fourth-order valence-corrected chi connectivity index (χ4v) is 1.36. The van der Waals surface area contributed by atoms with Crippen LogP contribution in [0.25, 0.3) is 0 Å². The van der Waals surface area contributed by atoms with Crippen LogP contribution in [0.1, 0.15) is 34.8 Å². The number of alkyl halides is 2. The summed E-state index contributed by atoms with van der Waals surface area (Å²) in [5.74, 6) is -1.19. The van der Waals surface area contributed by atoms with Gasteiger partial charge in [-0.25, -0.2) is 18.6 Å². The van der Waals surface area contributed by atoms with E-state index in [0.717, 1.165) is 6.20 Å². The van der Waals surface area contributed by atoms with Crippen molar-refractivity contribution in [1.29, 1.82) is 5.26 Å². The molecule has 96 valence electrons. The van der Waals surface area contributed by atoms with E-state index in [9.17, 15) is 13.6 Å². The Hall–Kier alpha value is -2.23. The summed E-state index contributed by atoms with van der Waals surface area (Å²) in [5.41, 5.74) is -1.50. The van der Waals surface area contributed by atoms with Crippen LogP contribution in [0.3, 0.4) is 0 Å². The van der Waals surface area contributed by atoms with Gasteiger partial charge >= 0.3 is 5.97 Å². The predicted molar refractivity (Wildman–Crippen MR) is 56.4 cm³/mol. The number of aromatic nitrogens is 1. The molecule has 0 saturated carbocycles. The Bertz CT molecular complexity index is 498. The molecular weight excluding hydrogens is 246 g/mol. The number of esters is 1. The van der Waals surface area contributed by atoms with E-state index in [2.05, 4.69) is 9.72 Å². The van der Waals surface area contributed by atoms with Crippen molar-refractivity contribution in [2.75, 3.05) is 13.7 Å². The minimum atomic E-state index is -2.94. The maximum atomic E-state index is 12.8. The fourth-order valence-electron chi connectivity index (χ4n) is 1.36. The highest BCUT2D eigenvalue weighted by molar-refractivity contribution is 5.94. The number of carbonyl (C=O) groups excluding carboxylic acids is 1. The lowest BCUT2D eigenvalue weighted by Crippen LogP contribution is -2.13. The van der Waals surface area contributed by atoms with Crippen LogP contribution in [0.4, 0.5) is 8.78 Å². The van der Waals surface area contributed by atoms with Crippen molar-refractivity contribution >= 4 is 5.97 Å². The quantitative estimate of drug-likeness (QED) is 0.771. The molecule has 0 N–H and O–H groups in total. The van der Waals surface area contributed by atoms with Gasteiger partial charge in [-0.1, -0.05) is 0 Å². The molecule has 5 nitrogen and oxygen atoms in total. The largest absolute Gasteiger partial charge is 0.480 e. The Balaban J connectivity index is 3.49. The third-order valence-electron chi connectivity index (χ3n) is 2.09. The van der Waals surface area contributed by atoms with E-state index in [1.54, 1.807) is 6.07 Å². The van der Waals surface area contributed by atoms with Gasteiger partial charge in [-0.2, -0.15) is 5.26 Å². The molecule has 0 bridgehead atoms. The minimum absolute atomic E-state index is 0.0109. The van der Waals surface area contributed by atoms with Crippen LogP contribution in [0.15, 0.2) is 6.20 Å². The first kappa shape index (κ1) is 13.8. The maximum Gasteiger partial charge on any atom is 0.340 e. The molecule has 0 spiro atoms. The summed E-state index contributed by atoms with van der Waals surface area (Å²) in [7, 11) is 1.22. The maximum absolute atomic E-state index is 12.8. The van der Waals surface area contributed by atoms with E-state index in [-0.39, 0.29) is 18.1 Å². The zero-order valence-electron chi connectivity index (χ0n) is 9.74. The van der Waals surface area contributed by atoms with Crippen LogP contribution < -0.4 is 4.74 Å². The van der Waals surface area contributed by atoms with Crippen LogP contribution in [-0.2, 0) is 4.74 Å². The molecule has 18 heavy (non-hydrogen) atoms. The molecule has 0 fully saturated rings. The van der Waals surface area contributed by atoms with Crippen LogP contribution in [0, 0.1) is 11.3 Å². The first-order valence-electron chi connectivity index (χ1n) is 4.99. The van der Waals surface area contributed by atoms with Gasteiger partial charge in [0.15, 0.2) is 0 Å².